The van der Waals surface area contributed by atoms with Gasteiger partial charge in [-0.05, 0) is 30.7 Å². The number of fused-ring (bicyclic) bond motifs is 1. The standard InChI is InChI=1S/C13H8ClNO3S2/c1-6-2-3-7(4-8(6)14)15-11-9(20-13(15)18)5-10(19-11)12(16)17/h2-5H,1H3,(H,16,17). The molecule has 0 radical (unpaired) electrons. The summed E-state index contributed by atoms with van der Waals surface area (Å²) >= 11 is 8.21. The van der Waals surface area contributed by atoms with Crippen LogP contribution in [0.2, 0.25) is 5.02 Å². The van der Waals surface area contributed by atoms with Crippen molar-refractivity contribution in [1.82, 2.24) is 4.57 Å². The van der Waals surface area contributed by atoms with Crippen LogP contribution >= 0.6 is 34.3 Å². The maximum atomic E-state index is 12.1. The number of carbonyl (C=O) groups is 1. The highest BCUT2D eigenvalue weighted by Gasteiger charge is 2.16. The Kier molecular flexibility index (Phi) is 3.16. The van der Waals surface area contributed by atoms with Gasteiger partial charge in [0.25, 0.3) is 0 Å². The number of aromatic carboxylic acids is 1. The van der Waals surface area contributed by atoms with Crippen LogP contribution in [-0.4, -0.2) is 15.6 Å². The molecule has 3 aromatic rings. The average molecular weight is 326 g/mol. The van der Waals surface area contributed by atoms with Crippen molar-refractivity contribution in [3.63, 3.8) is 0 Å². The monoisotopic (exact) mass is 325 g/mol. The highest BCUT2D eigenvalue weighted by atomic mass is 35.5. The average Bonchev–Trinajstić information content (AvgIpc) is 2.89. The van der Waals surface area contributed by atoms with Gasteiger partial charge in [-0.15, -0.1) is 11.3 Å². The Labute approximate surface area is 126 Å². The molecule has 0 saturated heterocycles. The second-order valence-corrected chi connectivity index (χ2v) is 6.65. The van der Waals surface area contributed by atoms with E-state index in [-0.39, 0.29) is 9.75 Å². The molecule has 2 aromatic heterocycles. The summed E-state index contributed by atoms with van der Waals surface area (Å²) in [4.78, 5) is 23.8. The van der Waals surface area contributed by atoms with Crippen LogP contribution in [0.4, 0.5) is 0 Å². The molecular weight excluding hydrogens is 318 g/mol. The summed E-state index contributed by atoms with van der Waals surface area (Å²) < 4.78 is 2.18. The third-order valence-electron chi connectivity index (χ3n) is 2.89. The van der Waals surface area contributed by atoms with Crippen LogP contribution in [0.5, 0.6) is 0 Å². The summed E-state index contributed by atoms with van der Waals surface area (Å²) in [6.45, 7) is 1.88. The van der Waals surface area contributed by atoms with Gasteiger partial charge in [0, 0.05) is 5.02 Å². The molecule has 1 aromatic carbocycles. The van der Waals surface area contributed by atoms with Gasteiger partial charge in [-0.2, -0.15) is 0 Å². The third-order valence-corrected chi connectivity index (χ3v) is 5.42. The number of aromatic nitrogens is 1. The Morgan fingerprint density at radius 2 is 2.05 bits per heavy atom. The van der Waals surface area contributed by atoms with Crippen molar-refractivity contribution in [3.05, 3.63) is 49.4 Å². The number of thiophene rings is 1. The first-order valence-corrected chi connectivity index (χ1v) is 7.63. The number of thiazole rings is 1. The van der Waals surface area contributed by atoms with Crippen LogP contribution in [0.25, 0.3) is 15.2 Å². The van der Waals surface area contributed by atoms with Gasteiger partial charge in [0.15, 0.2) is 0 Å². The van der Waals surface area contributed by atoms with Gasteiger partial charge in [0.05, 0.1) is 10.4 Å². The topological polar surface area (TPSA) is 59.3 Å². The number of hydrogen-bond donors (Lipinski definition) is 1. The minimum atomic E-state index is -0.987. The molecule has 0 aliphatic heterocycles. The highest BCUT2D eigenvalue weighted by molar-refractivity contribution is 7.27. The zero-order chi connectivity index (χ0) is 14.4. The number of hydrogen-bond acceptors (Lipinski definition) is 4. The van der Waals surface area contributed by atoms with Crippen molar-refractivity contribution < 1.29 is 9.90 Å². The predicted octanol–water partition coefficient (Wildman–Crippen LogP) is 3.77. The van der Waals surface area contributed by atoms with Crippen LogP contribution < -0.4 is 4.87 Å². The largest absolute Gasteiger partial charge is 0.477 e. The quantitative estimate of drug-likeness (QED) is 0.780. The third kappa shape index (κ3) is 2.06. The van der Waals surface area contributed by atoms with E-state index in [9.17, 15) is 9.59 Å². The highest BCUT2D eigenvalue weighted by Crippen LogP contribution is 2.30. The van der Waals surface area contributed by atoms with Crippen LogP contribution in [0.15, 0.2) is 29.1 Å². The maximum absolute atomic E-state index is 12.1. The van der Waals surface area contributed by atoms with E-state index in [2.05, 4.69) is 0 Å². The molecule has 3 rings (SSSR count). The van der Waals surface area contributed by atoms with Gasteiger partial charge in [0.2, 0.25) is 0 Å². The van der Waals surface area contributed by atoms with Crippen molar-refractivity contribution in [2.24, 2.45) is 0 Å². The molecule has 0 unspecified atom stereocenters. The van der Waals surface area contributed by atoms with E-state index in [0.29, 0.717) is 20.2 Å². The number of rotatable bonds is 2. The van der Waals surface area contributed by atoms with E-state index in [1.807, 2.05) is 13.0 Å². The van der Waals surface area contributed by atoms with Gasteiger partial charge in [-0.3, -0.25) is 9.36 Å². The lowest BCUT2D eigenvalue weighted by atomic mass is 10.2. The van der Waals surface area contributed by atoms with Crippen LogP contribution in [0.1, 0.15) is 15.2 Å². The number of aryl methyl sites for hydroxylation is 1. The number of carboxylic acids is 1. The molecule has 0 bridgehead atoms. The predicted molar refractivity (Wildman–Crippen MR) is 82.0 cm³/mol. The number of carboxylic acid groups (broad SMARTS) is 1. The van der Waals surface area contributed by atoms with E-state index in [1.54, 1.807) is 12.1 Å². The lowest BCUT2D eigenvalue weighted by Crippen LogP contribution is -2.09. The van der Waals surface area contributed by atoms with Crippen LogP contribution in [-0.2, 0) is 0 Å². The summed E-state index contributed by atoms with van der Waals surface area (Å²) in [7, 11) is 0. The van der Waals surface area contributed by atoms with Crippen molar-refractivity contribution >= 4 is 49.8 Å². The van der Waals surface area contributed by atoms with Gasteiger partial charge >= 0.3 is 10.8 Å². The molecule has 4 nitrogen and oxygen atoms in total. The van der Waals surface area contributed by atoms with Crippen LogP contribution in [0.3, 0.4) is 0 Å². The van der Waals surface area contributed by atoms with E-state index >= 15 is 0 Å². The van der Waals surface area contributed by atoms with Crippen molar-refractivity contribution in [3.8, 4) is 5.69 Å². The molecule has 0 aliphatic rings. The smallest absolute Gasteiger partial charge is 0.345 e. The van der Waals surface area contributed by atoms with Crippen LogP contribution in [0, 0.1) is 6.92 Å². The molecule has 0 aliphatic carbocycles. The molecule has 0 spiro atoms. The minimum absolute atomic E-state index is 0.150. The maximum Gasteiger partial charge on any atom is 0.345 e. The minimum Gasteiger partial charge on any atom is -0.477 e. The fourth-order valence-corrected chi connectivity index (χ4v) is 4.17. The summed E-state index contributed by atoms with van der Waals surface area (Å²) in [5, 5.41) is 9.59. The van der Waals surface area contributed by atoms with Crippen molar-refractivity contribution in [1.29, 1.82) is 0 Å². The Morgan fingerprint density at radius 3 is 2.70 bits per heavy atom. The number of halogens is 1. The molecule has 0 saturated carbocycles. The van der Waals surface area contributed by atoms with E-state index in [1.165, 1.54) is 10.6 Å². The Balaban J connectivity index is 2.28. The molecule has 7 heteroatoms. The van der Waals surface area contributed by atoms with Gasteiger partial charge < -0.3 is 5.11 Å². The zero-order valence-corrected chi connectivity index (χ0v) is 12.6. The molecule has 0 fully saturated rings. The first-order valence-electron chi connectivity index (χ1n) is 5.62. The Hall–Kier alpha value is -1.63. The second-order valence-electron chi connectivity index (χ2n) is 4.22. The summed E-state index contributed by atoms with van der Waals surface area (Å²) in [6, 6.07) is 6.87. The first kappa shape index (κ1) is 13.4. The number of nitrogens with zero attached hydrogens (tertiary/aromatic N) is 1. The normalized spacial score (nSPS) is 11.1. The molecule has 0 atom stereocenters. The summed E-state index contributed by atoms with van der Waals surface area (Å²) in [5.74, 6) is -0.987. The fourth-order valence-electron chi connectivity index (χ4n) is 1.87. The lowest BCUT2D eigenvalue weighted by molar-refractivity contribution is 0.0702. The summed E-state index contributed by atoms with van der Waals surface area (Å²) in [5.41, 5.74) is 1.57. The van der Waals surface area contributed by atoms with Crippen molar-refractivity contribution in [2.45, 2.75) is 6.92 Å². The molecular formula is C13H8ClNO3S2. The molecule has 1 N–H and O–H groups in total. The Morgan fingerprint density at radius 1 is 1.30 bits per heavy atom. The molecule has 20 heavy (non-hydrogen) atoms. The second kappa shape index (κ2) is 4.73. The number of benzene rings is 1. The SMILES string of the molecule is Cc1ccc(-n2c(=O)sc3cc(C(=O)O)sc32)cc1Cl. The fraction of sp³-hybridized carbons (Fsp3) is 0.0769. The molecule has 102 valence electrons. The van der Waals surface area contributed by atoms with E-state index < -0.39 is 5.97 Å². The lowest BCUT2D eigenvalue weighted by Gasteiger charge is -2.04. The van der Waals surface area contributed by atoms with E-state index in [4.69, 9.17) is 16.7 Å². The summed E-state index contributed by atoms with van der Waals surface area (Å²) in [6.07, 6.45) is 0. The van der Waals surface area contributed by atoms with Gasteiger partial charge in [0.1, 0.15) is 9.71 Å². The Bertz CT molecular complexity index is 891. The molecule has 2 heterocycles. The first-order chi connectivity index (χ1) is 9.47. The zero-order valence-electron chi connectivity index (χ0n) is 10.2. The van der Waals surface area contributed by atoms with E-state index in [0.717, 1.165) is 28.2 Å². The van der Waals surface area contributed by atoms with Gasteiger partial charge in [-0.1, -0.05) is 29.0 Å². The van der Waals surface area contributed by atoms with Gasteiger partial charge in [-0.25, -0.2) is 4.79 Å². The molecule has 0 amide bonds. The van der Waals surface area contributed by atoms with Crippen molar-refractivity contribution in [2.75, 3.05) is 0 Å².